The number of para-hydroxylation sites is 1. The zero-order chi connectivity index (χ0) is 17.6. The first-order valence-corrected chi connectivity index (χ1v) is 8.33. The smallest absolute Gasteiger partial charge is 0.239 e. The molecule has 128 valence electrons. The summed E-state index contributed by atoms with van der Waals surface area (Å²) in [4.78, 5) is 12.3. The highest BCUT2D eigenvalue weighted by Gasteiger charge is 2.13. The van der Waals surface area contributed by atoms with Gasteiger partial charge in [-0.25, -0.2) is 0 Å². The van der Waals surface area contributed by atoms with Crippen LogP contribution in [-0.4, -0.2) is 19.6 Å². The van der Waals surface area contributed by atoms with Crippen molar-refractivity contribution in [3.05, 3.63) is 72.3 Å². The van der Waals surface area contributed by atoms with E-state index in [0.717, 1.165) is 27.8 Å². The van der Waals surface area contributed by atoms with Crippen molar-refractivity contribution in [1.82, 2.24) is 5.32 Å². The summed E-state index contributed by atoms with van der Waals surface area (Å²) in [5, 5.41) is 8.49. The quantitative estimate of drug-likeness (QED) is 0.712. The number of hydrogen-bond acceptors (Lipinski definition) is 3. The van der Waals surface area contributed by atoms with Crippen LogP contribution in [0.15, 0.2) is 66.7 Å². The van der Waals surface area contributed by atoms with Crippen LogP contribution in [0.4, 0.5) is 5.69 Å². The number of anilines is 1. The van der Waals surface area contributed by atoms with Crippen molar-refractivity contribution >= 4 is 22.4 Å². The fourth-order valence-electron chi connectivity index (χ4n) is 2.95. The summed E-state index contributed by atoms with van der Waals surface area (Å²) in [6.45, 7) is 2.17. The Kier molecular flexibility index (Phi) is 5.19. The molecule has 3 aromatic rings. The second-order valence-corrected chi connectivity index (χ2v) is 5.91. The predicted octanol–water partition coefficient (Wildman–Crippen LogP) is 4.14. The summed E-state index contributed by atoms with van der Waals surface area (Å²) in [6, 6.07) is 21.7. The Labute approximate surface area is 147 Å². The number of benzene rings is 3. The van der Waals surface area contributed by atoms with E-state index in [2.05, 4.69) is 22.8 Å². The molecule has 3 aromatic carbocycles. The first-order chi connectivity index (χ1) is 12.2. The maximum Gasteiger partial charge on any atom is 0.239 e. The second-order valence-electron chi connectivity index (χ2n) is 5.91. The lowest BCUT2D eigenvalue weighted by Crippen LogP contribution is -2.32. The number of methoxy groups -OCH3 is 1. The minimum absolute atomic E-state index is 0.0636. The molecule has 2 N–H and O–H groups in total. The maximum absolute atomic E-state index is 12.3. The molecule has 1 unspecified atom stereocenters. The van der Waals surface area contributed by atoms with Gasteiger partial charge < -0.3 is 15.4 Å². The Balaban J connectivity index is 1.64. The lowest BCUT2D eigenvalue weighted by atomic mass is 10.1. The van der Waals surface area contributed by atoms with E-state index in [1.54, 1.807) is 7.11 Å². The summed E-state index contributed by atoms with van der Waals surface area (Å²) in [5.74, 6) is 0.712. The molecular formula is C21H22N2O2. The Morgan fingerprint density at radius 2 is 1.72 bits per heavy atom. The minimum Gasteiger partial charge on any atom is -0.496 e. The van der Waals surface area contributed by atoms with Gasteiger partial charge in [-0.05, 0) is 24.4 Å². The normalized spacial score (nSPS) is 11.8. The molecule has 4 heteroatoms. The molecule has 0 aliphatic rings. The molecular weight excluding hydrogens is 312 g/mol. The van der Waals surface area contributed by atoms with E-state index in [4.69, 9.17) is 4.74 Å². The van der Waals surface area contributed by atoms with Gasteiger partial charge >= 0.3 is 0 Å². The van der Waals surface area contributed by atoms with Crippen molar-refractivity contribution in [2.24, 2.45) is 0 Å². The highest BCUT2D eigenvalue weighted by molar-refractivity contribution is 5.95. The average molecular weight is 334 g/mol. The topological polar surface area (TPSA) is 50.4 Å². The first kappa shape index (κ1) is 16.8. The van der Waals surface area contributed by atoms with Gasteiger partial charge in [-0.2, -0.15) is 0 Å². The van der Waals surface area contributed by atoms with Gasteiger partial charge in [0, 0.05) is 16.6 Å². The molecule has 0 aromatic heterocycles. The number of hydrogen-bond donors (Lipinski definition) is 2. The number of carbonyl (C=O) groups is 1. The molecule has 0 fully saturated rings. The summed E-state index contributed by atoms with van der Waals surface area (Å²) in [5.41, 5.74) is 1.92. The van der Waals surface area contributed by atoms with Crippen LogP contribution in [0.5, 0.6) is 5.75 Å². The van der Waals surface area contributed by atoms with Crippen molar-refractivity contribution in [2.75, 3.05) is 19.0 Å². The third-order valence-electron chi connectivity index (χ3n) is 4.21. The van der Waals surface area contributed by atoms with Crippen LogP contribution in [0.3, 0.4) is 0 Å². The largest absolute Gasteiger partial charge is 0.496 e. The Hall–Kier alpha value is -3.01. The Bertz CT molecular complexity index is 871. The molecule has 0 radical (unpaired) electrons. The number of nitrogens with one attached hydrogen (secondary N) is 2. The number of ether oxygens (including phenoxy) is 1. The standard InChI is InChI=1S/C21H22N2O2/c1-15(17-10-5-6-13-20(17)25-2)23-21(24)14-22-19-12-7-9-16-8-3-4-11-18(16)19/h3-13,15,22H,14H2,1-2H3,(H,23,24). The Morgan fingerprint density at radius 3 is 2.56 bits per heavy atom. The molecule has 0 spiro atoms. The van der Waals surface area contributed by atoms with Gasteiger partial charge in [0.05, 0.1) is 19.7 Å². The highest BCUT2D eigenvalue weighted by Crippen LogP contribution is 2.25. The number of rotatable bonds is 6. The molecule has 0 saturated carbocycles. The van der Waals surface area contributed by atoms with Crippen LogP contribution in [-0.2, 0) is 4.79 Å². The number of carbonyl (C=O) groups excluding carboxylic acids is 1. The van der Waals surface area contributed by atoms with E-state index in [0.29, 0.717) is 0 Å². The van der Waals surface area contributed by atoms with Crippen LogP contribution in [0.25, 0.3) is 10.8 Å². The third kappa shape index (κ3) is 3.91. The van der Waals surface area contributed by atoms with Gasteiger partial charge in [-0.1, -0.05) is 54.6 Å². The van der Waals surface area contributed by atoms with E-state index in [-0.39, 0.29) is 18.5 Å². The lowest BCUT2D eigenvalue weighted by Gasteiger charge is -2.18. The summed E-state index contributed by atoms with van der Waals surface area (Å²) >= 11 is 0. The molecule has 0 aliphatic carbocycles. The van der Waals surface area contributed by atoms with Gasteiger partial charge in [0.25, 0.3) is 0 Å². The Morgan fingerprint density at radius 1 is 1.00 bits per heavy atom. The van der Waals surface area contributed by atoms with Crippen molar-refractivity contribution in [2.45, 2.75) is 13.0 Å². The summed E-state index contributed by atoms with van der Waals surface area (Å²) < 4.78 is 5.36. The van der Waals surface area contributed by atoms with E-state index >= 15 is 0 Å². The van der Waals surface area contributed by atoms with E-state index in [1.807, 2.05) is 61.5 Å². The van der Waals surface area contributed by atoms with Gasteiger partial charge in [-0.3, -0.25) is 4.79 Å². The van der Waals surface area contributed by atoms with E-state index in [9.17, 15) is 4.79 Å². The van der Waals surface area contributed by atoms with Crippen molar-refractivity contribution in [3.63, 3.8) is 0 Å². The van der Waals surface area contributed by atoms with Crippen LogP contribution in [0.1, 0.15) is 18.5 Å². The van der Waals surface area contributed by atoms with Gasteiger partial charge in [0.2, 0.25) is 5.91 Å². The lowest BCUT2D eigenvalue weighted by molar-refractivity contribution is -0.120. The molecule has 1 atom stereocenters. The number of fused-ring (bicyclic) bond motifs is 1. The molecule has 0 bridgehead atoms. The van der Waals surface area contributed by atoms with Gasteiger partial charge in [0.15, 0.2) is 0 Å². The minimum atomic E-state index is -0.127. The van der Waals surface area contributed by atoms with Crippen LogP contribution >= 0.6 is 0 Å². The summed E-state index contributed by atoms with van der Waals surface area (Å²) in [7, 11) is 1.63. The van der Waals surface area contributed by atoms with Crippen LogP contribution in [0, 0.1) is 0 Å². The van der Waals surface area contributed by atoms with Gasteiger partial charge in [0.1, 0.15) is 5.75 Å². The third-order valence-corrected chi connectivity index (χ3v) is 4.21. The molecule has 1 amide bonds. The zero-order valence-electron chi connectivity index (χ0n) is 14.5. The van der Waals surface area contributed by atoms with Crippen molar-refractivity contribution in [1.29, 1.82) is 0 Å². The zero-order valence-corrected chi connectivity index (χ0v) is 14.5. The van der Waals surface area contributed by atoms with Crippen LogP contribution < -0.4 is 15.4 Å². The van der Waals surface area contributed by atoms with Crippen molar-refractivity contribution in [3.8, 4) is 5.75 Å². The average Bonchev–Trinajstić information content (AvgIpc) is 2.66. The fraction of sp³-hybridized carbons (Fsp3) is 0.190. The highest BCUT2D eigenvalue weighted by atomic mass is 16.5. The number of amides is 1. The maximum atomic E-state index is 12.3. The summed E-state index contributed by atoms with van der Waals surface area (Å²) in [6.07, 6.45) is 0. The SMILES string of the molecule is COc1ccccc1C(C)NC(=O)CNc1cccc2ccccc12. The molecule has 25 heavy (non-hydrogen) atoms. The molecule has 0 aliphatic heterocycles. The molecule has 4 nitrogen and oxygen atoms in total. The van der Waals surface area contributed by atoms with Crippen LogP contribution in [0.2, 0.25) is 0 Å². The monoisotopic (exact) mass is 334 g/mol. The van der Waals surface area contributed by atoms with Gasteiger partial charge in [-0.15, -0.1) is 0 Å². The first-order valence-electron chi connectivity index (χ1n) is 8.33. The van der Waals surface area contributed by atoms with E-state index < -0.39 is 0 Å². The second kappa shape index (κ2) is 7.71. The van der Waals surface area contributed by atoms with Crippen molar-refractivity contribution < 1.29 is 9.53 Å². The van der Waals surface area contributed by atoms with E-state index in [1.165, 1.54) is 0 Å². The molecule has 0 heterocycles. The fourth-order valence-corrected chi connectivity index (χ4v) is 2.95. The predicted molar refractivity (Wildman–Crippen MR) is 102 cm³/mol. The molecule has 0 saturated heterocycles. The molecule has 3 rings (SSSR count).